The van der Waals surface area contributed by atoms with Gasteiger partial charge in [0.2, 0.25) is 0 Å². The molecule has 11 nitrogen and oxygen atoms in total. The van der Waals surface area contributed by atoms with Crippen molar-refractivity contribution < 1.29 is 14.4 Å². The van der Waals surface area contributed by atoms with E-state index in [1.165, 1.54) is 32.7 Å². The van der Waals surface area contributed by atoms with E-state index in [2.05, 4.69) is 162 Å². The lowest BCUT2D eigenvalue weighted by molar-refractivity contribution is -0.134. The Hall–Kier alpha value is -0.440. The van der Waals surface area contributed by atoms with Gasteiger partial charge in [-0.1, -0.05) is 69.2 Å². The fourth-order valence-corrected chi connectivity index (χ4v) is 4.25. The average Bonchev–Trinajstić information content (AvgIpc) is 2.96. The van der Waals surface area contributed by atoms with Crippen LogP contribution in [0.1, 0.15) is 69.2 Å². The van der Waals surface area contributed by atoms with E-state index in [0.717, 1.165) is 57.1 Å². The molecule has 0 atom stereocenters. The SMILES string of the molecule is CC(C)CN(C)C.CC(C)CN(C)CCN(C)C.CC(C)CN(C)CCN(C)CCN(C)C.CC(C)COCCON(C)C.CC(C)CON(C)C. The molecule has 11 heteroatoms. The molecular weight excluding hydrogens is 653 g/mol. The Labute approximate surface area is 329 Å². The van der Waals surface area contributed by atoms with Gasteiger partial charge in [0.15, 0.2) is 0 Å². The molecule has 0 bridgehead atoms. The summed E-state index contributed by atoms with van der Waals surface area (Å²) in [5.74, 6) is 3.57. The summed E-state index contributed by atoms with van der Waals surface area (Å²) in [6.07, 6.45) is 0. The molecule has 0 rings (SSSR count). The Balaban J connectivity index is -0.000000182. The molecule has 0 fully saturated rings. The molecule has 0 amide bonds. The summed E-state index contributed by atoms with van der Waals surface area (Å²) in [7, 11) is 26.8. The van der Waals surface area contributed by atoms with Crippen molar-refractivity contribution in [2.24, 2.45) is 29.6 Å². The first-order valence-corrected chi connectivity index (χ1v) is 20.0. The molecule has 0 aromatic rings. The first kappa shape index (κ1) is 60.8. The number of ether oxygens (including phenoxy) is 1. The molecule has 0 aromatic carbocycles. The first-order chi connectivity index (χ1) is 23.8. The molecule has 0 aliphatic rings. The molecule has 0 radical (unpaired) electrons. The van der Waals surface area contributed by atoms with E-state index in [1.807, 2.05) is 28.2 Å². The van der Waals surface area contributed by atoms with Crippen LogP contribution in [-0.4, -0.2) is 216 Å². The molecule has 0 aliphatic carbocycles. The minimum Gasteiger partial charge on any atom is -0.379 e. The molecular formula is C41H100N8O3. The molecule has 322 valence electrons. The third kappa shape index (κ3) is 74.7. The second-order valence-electron chi connectivity index (χ2n) is 17.5. The zero-order chi connectivity index (χ0) is 41.8. The Bertz CT molecular complexity index is 640. The number of likely N-dealkylation sites (N-methyl/N-ethyl adjacent to an activating group) is 5. The topological polar surface area (TPSA) is 53.6 Å². The van der Waals surface area contributed by atoms with Crippen molar-refractivity contribution in [2.45, 2.75) is 69.2 Å². The van der Waals surface area contributed by atoms with E-state index < -0.39 is 0 Å². The van der Waals surface area contributed by atoms with Crippen molar-refractivity contribution in [1.29, 1.82) is 0 Å². The molecule has 0 saturated carbocycles. The summed E-state index contributed by atoms with van der Waals surface area (Å²) < 4.78 is 5.29. The highest BCUT2D eigenvalue weighted by atomic mass is 16.7. The first-order valence-electron chi connectivity index (χ1n) is 20.0. The van der Waals surface area contributed by atoms with Crippen molar-refractivity contribution in [3.63, 3.8) is 0 Å². The zero-order valence-corrected chi connectivity index (χ0v) is 39.9. The van der Waals surface area contributed by atoms with Crippen LogP contribution >= 0.6 is 0 Å². The molecule has 0 saturated heterocycles. The van der Waals surface area contributed by atoms with Gasteiger partial charge in [0, 0.05) is 87.2 Å². The van der Waals surface area contributed by atoms with Crippen molar-refractivity contribution in [3.8, 4) is 0 Å². The number of hydrogen-bond acceptors (Lipinski definition) is 11. The number of hydrogen-bond donors (Lipinski definition) is 0. The fourth-order valence-electron chi connectivity index (χ4n) is 4.25. The molecule has 52 heavy (non-hydrogen) atoms. The maximum Gasteiger partial charge on any atom is 0.0918 e. The third-order valence-corrected chi connectivity index (χ3v) is 6.50. The van der Waals surface area contributed by atoms with E-state index in [4.69, 9.17) is 14.4 Å². The Kier molecular flexibility index (Phi) is 48.8. The van der Waals surface area contributed by atoms with E-state index in [-0.39, 0.29) is 0 Å². The van der Waals surface area contributed by atoms with Gasteiger partial charge in [-0.25, -0.2) is 0 Å². The fraction of sp³-hybridized carbons (Fsp3) is 1.00. The van der Waals surface area contributed by atoms with Crippen LogP contribution in [0.25, 0.3) is 0 Å². The molecule has 0 unspecified atom stereocenters. The summed E-state index contributed by atoms with van der Waals surface area (Å²) in [6.45, 7) is 35.5. The van der Waals surface area contributed by atoms with Gasteiger partial charge in [0.1, 0.15) is 0 Å². The summed E-state index contributed by atoms with van der Waals surface area (Å²) in [5.41, 5.74) is 0. The van der Waals surface area contributed by atoms with Crippen LogP contribution in [0, 0.1) is 29.6 Å². The number of hydroxylamine groups is 4. The quantitative estimate of drug-likeness (QED) is 0.0903. The number of nitrogens with zero attached hydrogens (tertiary/aromatic N) is 8. The highest BCUT2D eigenvalue weighted by Gasteiger charge is 2.04. The van der Waals surface area contributed by atoms with Gasteiger partial charge < -0.3 is 34.1 Å². The van der Waals surface area contributed by atoms with Crippen LogP contribution in [0.5, 0.6) is 0 Å². The Morgan fingerprint density at radius 3 is 0.942 bits per heavy atom. The van der Waals surface area contributed by atoms with Crippen molar-refractivity contribution in [1.82, 2.24) is 39.5 Å². The van der Waals surface area contributed by atoms with E-state index in [0.29, 0.717) is 25.0 Å². The maximum atomic E-state index is 5.29. The van der Waals surface area contributed by atoms with E-state index in [1.54, 1.807) is 10.1 Å². The zero-order valence-electron chi connectivity index (χ0n) is 39.9. The second-order valence-corrected chi connectivity index (χ2v) is 17.5. The highest BCUT2D eigenvalue weighted by Crippen LogP contribution is 1.97. The van der Waals surface area contributed by atoms with Crippen molar-refractivity contribution in [2.75, 3.05) is 177 Å². The van der Waals surface area contributed by atoms with Crippen molar-refractivity contribution >= 4 is 0 Å². The predicted octanol–water partition coefficient (Wildman–Crippen LogP) is 5.70. The van der Waals surface area contributed by atoms with Crippen LogP contribution in [0.3, 0.4) is 0 Å². The minimum atomic E-state index is 0.606. The van der Waals surface area contributed by atoms with Crippen LogP contribution in [0.15, 0.2) is 0 Å². The molecule has 0 spiro atoms. The molecule has 0 N–H and O–H groups in total. The molecule has 0 aromatic heterocycles. The average molecular weight is 753 g/mol. The van der Waals surface area contributed by atoms with Gasteiger partial charge in [-0.3, -0.25) is 9.68 Å². The maximum absolute atomic E-state index is 5.29. The molecule has 0 heterocycles. The van der Waals surface area contributed by atoms with Gasteiger partial charge >= 0.3 is 0 Å². The summed E-state index contributed by atoms with van der Waals surface area (Å²) in [5, 5.41) is 3.40. The lowest BCUT2D eigenvalue weighted by Crippen LogP contribution is -2.35. The smallest absolute Gasteiger partial charge is 0.0918 e. The molecule has 0 aliphatic heterocycles. The second kappa shape index (κ2) is 41.7. The number of rotatable bonds is 24. The Morgan fingerprint density at radius 1 is 0.327 bits per heavy atom. The van der Waals surface area contributed by atoms with Gasteiger partial charge in [-0.2, -0.15) is 10.1 Å². The van der Waals surface area contributed by atoms with E-state index in [9.17, 15) is 0 Å². The Morgan fingerprint density at radius 2 is 0.673 bits per heavy atom. The van der Waals surface area contributed by atoms with Crippen LogP contribution in [0.2, 0.25) is 0 Å². The van der Waals surface area contributed by atoms with Crippen LogP contribution in [-0.2, 0) is 14.4 Å². The van der Waals surface area contributed by atoms with Gasteiger partial charge in [0.05, 0.1) is 19.8 Å². The van der Waals surface area contributed by atoms with Crippen LogP contribution in [0.4, 0.5) is 0 Å². The monoisotopic (exact) mass is 753 g/mol. The lowest BCUT2D eigenvalue weighted by atomic mass is 10.2. The summed E-state index contributed by atoms with van der Waals surface area (Å²) >= 11 is 0. The van der Waals surface area contributed by atoms with Crippen LogP contribution < -0.4 is 0 Å². The lowest BCUT2D eigenvalue weighted by Gasteiger charge is -2.24. The van der Waals surface area contributed by atoms with Gasteiger partial charge in [-0.15, -0.1) is 0 Å². The van der Waals surface area contributed by atoms with Gasteiger partial charge in [0.25, 0.3) is 0 Å². The third-order valence-electron chi connectivity index (χ3n) is 6.50. The summed E-state index contributed by atoms with van der Waals surface area (Å²) in [6, 6.07) is 0. The minimum absolute atomic E-state index is 0.606. The normalized spacial score (nSPS) is 11.8. The largest absolute Gasteiger partial charge is 0.379 e. The van der Waals surface area contributed by atoms with E-state index >= 15 is 0 Å². The van der Waals surface area contributed by atoms with Crippen molar-refractivity contribution in [3.05, 3.63) is 0 Å². The summed E-state index contributed by atoms with van der Waals surface area (Å²) in [4.78, 5) is 24.1. The predicted molar refractivity (Wildman–Crippen MR) is 232 cm³/mol. The van der Waals surface area contributed by atoms with Gasteiger partial charge in [-0.05, 0) is 99.6 Å². The highest BCUT2D eigenvalue weighted by molar-refractivity contribution is 4.60. The standard InChI is InChI=1S/C12H29N3.C9H22N2.C8H19NO2.C6H15NO.C6H15N/c1-12(2)11-15(6)10-9-14(5)8-7-13(3)4;1-9(2)8-11(5)7-6-10(3)4;1-8(2)7-10-5-6-11-9(3)4;1-6(2)5-8-7(3)4;1-6(2)5-7(3)4/h12H,7-11H2,1-6H3;9H,6-8H2,1-5H3;8H,5-7H2,1-4H3;6H,5H2,1-4H3;6H,5H2,1-4H3.